The van der Waals surface area contributed by atoms with Crippen molar-refractivity contribution >= 4 is 17.5 Å². The fourth-order valence-corrected chi connectivity index (χ4v) is 3.69. The number of phenolic OH excluding ortho intramolecular Hbond substituents is 1. The maximum Gasteiger partial charge on any atom is 0.259 e. The number of rotatable bonds is 4. The third kappa shape index (κ3) is 4.27. The Balaban J connectivity index is 1.27. The van der Waals surface area contributed by atoms with Crippen LogP contribution in [0.4, 0.5) is 5.69 Å². The van der Waals surface area contributed by atoms with Crippen molar-refractivity contribution < 1.29 is 19.4 Å². The minimum atomic E-state index is -0.284. The van der Waals surface area contributed by atoms with Crippen molar-refractivity contribution in [2.45, 2.75) is 6.54 Å². The molecule has 0 spiro atoms. The predicted molar refractivity (Wildman–Crippen MR) is 126 cm³/mol. The first-order chi connectivity index (χ1) is 16.1. The molecule has 3 N–H and O–H groups in total. The number of phenols is 1. The van der Waals surface area contributed by atoms with Crippen molar-refractivity contribution in [2.24, 2.45) is 0 Å². The zero-order chi connectivity index (χ0) is 22.8. The lowest BCUT2D eigenvalue weighted by Crippen LogP contribution is -2.23. The second kappa shape index (κ2) is 8.51. The maximum absolute atomic E-state index is 12.7. The van der Waals surface area contributed by atoms with E-state index in [-0.39, 0.29) is 17.6 Å². The quantitative estimate of drug-likeness (QED) is 0.403. The van der Waals surface area contributed by atoms with Gasteiger partial charge in [-0.2, -0.15) is 0 Å². The first kappa shape index (κ1) is 20.3. The molecular formula is C27H20N2O4. The Hall–Kier alpha value is -4.58. The van der Waals surface area contributed by atoms with E-state index in [1.54, 1.807) is 60.7 Å². The van der Waals surface area contributed by atoms with Gasteiger partial charge in [-0.25, -0.2) is 0 Å². The number of benzene rings is 4. The van der Waals surface area contributed by atoms with Crippen molar-refractivity contribution in [1.82, 2.24) is 5.32 Å². The van der Waals surface area contributed by atoms with Crippen LogP contribution in [0.25, 0.3) is 11.1 Å². The summed E-state index contributed by atoms with van der Waals surface area (Å²) in [5.41, 5.74) is 4.13. The van der Waals surface area contributed by atoms with Crippen molar-refractivity contribution in [2.75, 3.05) is 5.32 Å². The number of para-hydroxylation sites is 1. The molecule has 4 aromatic carbocycles. The normalized spacial score (nSPS) is 11.9. The minimum absolute atomic E-state index is 0.218. The Morgan fingerprint density at radius 2 is 1.67 bits per heavy atom. The smallest absolute Gasteiger partial charge is 0.259 e. The number of ether oxygens (including phenoxy) is 1. The molecule has 2 amide bonds. The highest BCUT2D eigenvalue weighted by Crippen LogP contribution is 2.36. The number of fused-ring (bicyclic) bond motifs is 2. The fourth-order valence-electron chi connectivity index (χ4n) is 3.69. The van der Waals surface area contributed by atoms with E-state index in [9.17, 15) is 14.7 Å². The van der Waals surface area contributed by atoms with Crippen LogP contribution < -0.4 is 15.4 Å². The van der Waals surface area contributed by atoms with E-state index >= 15 is 0 Å². The van der Waals surface area contributed by atoms with Gasteiger partial charge < -0.3 is 20.5 Å². The highest BCUT2D eigenvalue weighted by atomic mass is 16.5. The summed E-state index contributed by atoms with van der Waals surface area (Å²) in [4.78, 5) is 25.2. The highest BCUT2D eigenvalue weighted by Gasteiger charge is 2.21. The van der Waals surface area contributed by atoms with Gasteiger partial charge in [0, 0.05) is 12.1 Å². The Labute approximate surface area is 190 Å². The first-order valence-corrected chi connectivity index (χ1v) is 10.5. The standard InChI is InChI=1S/C27H20N2O4/c30-21-5-3-4-19(14-21)18-10-8-17(9-11-18)16-28-26(31)20-12-13-25-23(15-20)29-27(32)22-6-1-2-7-24(22)33-25/h1-15,30H,16H2,(H,28,31)(H,29,32). The van der Waals surface area contributed by atoms with Gasteiger partial charge >= 0.3 is 0 Å². The van der Waals surface area contributed by atoms with Crippen LogP contribution in [0, 0.1) is 0 Å². The fraction of sp³-hybridized carbons (Fsp3) is 0.0370. The molecule has 0 aliphatic carbocycles. The number of hydrogen-bond acceptors (Lipinski definition) is 4. The van der Waals surface area contributed by atoms with Gasteiger partial charge in [0.1, 0.15) is 11.5 Å². The number of carbonyl (C=O) groups is 2. The summed E-state index contributed by atoms with van der Waals surface area (Å²) in [6, 6.07) is 26.8. The molecule has 5 rings (SSSR count). The lowest BCUT2D eigenvalue weighted by molar-refractivity contribution is 0.0949. The molecule has 0 unspecified atom stereocenters. The van der Waals surface area contributed by atoms with Crippen LogP contribution in [-0.4, -0.2) is 16.9 Å². The summed E-state index contributed by atoms with van der Waals surface area (Å²) in [6.07, 6.45) is 0. The molecule has 0 bridgehead atoms. The molecule has 0 fully saturated rings. The molecule has 0 atom stereocenters. The van der Waals surface area contributed by atoms with Gasteiger partial charge in [0.2, 0.25) is 0 Å². The van der Waals surface area contributed by atoms with Crippen molar-refractivity contribution in [1.29, 1.82) is 0 Å². The van der Waals surface area contributed by atoms with E-state index in [2.05, 4.69) is 10.6 Å². The number of hydrogen-bond donors (Lipinski definition) is 3. The summed E-state index contributed by atoms with van der Waals surface area (Å²) in [5.74, 6) is 0.627. The Kier molecular flexibility index (Phi) is 5.24. The summed E-state index contributed by atoms with van der Waals surface area (Å²) in [7, 11) is 0. The van der Waals surface area contributed by atoms with E-state index < -0.39 is 0 Å². The lowest BCUT2D eigenvalue weighted by atomic mass is 10.0. The van der Waals surface area contributed by atoms with E-state index in [0.29, 0.717) is 34.9 Å². The van der Waals surface area contributed by atoms with Gasteiger partial charge in [-0.15, -0.1) is 0 Å². The van der Waals surface area contributed by atoms with Crippen LogP contribution in [0.15, 0.2) is 91.0 Å². The SMILES string of the molecule is O=C(NCc1ccc(-c2cccc(O)c2)cc1)c1ccc2c(c1)NC(=O)c1ccccc1O2. The van der Waals surface area contributed by atoms with Crippen molar-refractivity contribution in [3.63, 3.8) is 0 Å². The molecule has 1 aliphatic rings. The van der Waals surface area contributed by atoms with E-state index in [1.807, 2.05) is 30.3 Å². The Morgan fingerprint density at radius 3 is 2.48 bits per heavy atom. The van der Waals surface area contributed by atoms with Crippen molar-refractivity contribution in [3.05, 3.63) is 108 Å². The molecule has 162 valence electrons. The molecule has 6 heteroatoms. The average molecular weight is 436 g/mol. The van der Waals surface area contributed by atoms with Crippen molar-refractivity contribution in [3.8, 4) is 28.4 Å². The molecule has 4 aromatic rings. The molecule has 0 saturated heterocycles. The van der Waals surface area contributed by atoms with E-state index in [1.165, 1.54) is 0 Å². The largest absolute Gasteiger partial charge is 0.508 e. The molecule has 0 saturated carbocycles. The minimum Gasteiger partial charge on any atom is -0.508 e. The Morgan fingerprint density at radius 1 is 0.848 bits per heavy atom. The predicted octanol–water partition coefficient (Wildman–Crippen LogP) is 5.35. The topological polar surface area (TPSA) is 87.7 Å². The van der Waals surface area contributed by atoms with Gasteiger partial charge in [0.05, 0.1) is 11.3 Å². The molecular weight excluding hydrogens is 416 g/mol. The summed E-state index contributed by atoms with van der Waals surface area (Å²) >= 11 is 0. The van der Waals surface area contributed by atoms with Gasteiger partial charge in [-0.1, -0.05) is 48.5 Å². The van der Waals surface area contributed by atoms with E-state index in [0.717, 1.165) is 16.7 Å². The zero-order valence-electron chi connectivity index (χ0n) is 17.5. The number of nitrogens with one attached hydrogen (secondary N) is 2. The number of amides is 2. The van der Waals surface area contributed by atoms with Crippen LogP contribution in [0.3, 0.4) is 0 Å². The van der Waals surface area contributed by atoms with Gasteiger partial charge in [-0.05, 0) is 59.2 Å². The lowest BCUT2D eigenvalue weighted by Gasteiger charge is -2.11. The van der Waals surface area contributed by atoms with E-state index in [4.69, 9.17) is 4.74 Å². The third-order valence-electron chi connectivity index (χ3n) is 5.43. The molecule has 33 heavy (non-hydrogen) atoms. The molecule has 1 aliphatic heterocycles. The number of carbonyl (C=O) groups excluding carboxylic acids is 2. The van der Waals surface area contributed by atoms with Gasteiger partial charge in [-0.3, -0.25) is 9.59 Å². The summed E-state index contributed by atoms with van der Waals surface area (Å²) in [6.45, 7) is 0.352. The number of aromatic hydroxyl groups is 1. The maximum atomic E-state index is 12.7. The summed E-state index contributed by atoms with van der Waals surface area (Å²) in [5, 5.41) is 15.4. The molecule has 1 heterocycles. The monoisotopic (exact) mass is 436 g/mol. The first-order valence-electron chi connectivity index (χ1n) is 10.5. The highest BCUT2D eigenvalue weighted by molar-refractivity contribution is 6.08. The van der Waals surface area contributed by atoms with Crippen LogP contribution in [0.5, 0.6) is 17.2 Å². The second-order valence-electron chi connectivity index (χ2n) is 7.69. The molecule has 6 nitrogen and oxygen atoms in total. The van der Waals surface area contributed by atoms with Gasteiger partial charge in [0.15, 0.2) is 5.75 Å². The second-order valence-corrected chi connectivity index (χ2v) is 7.69. The average Bonchev–Trinajstić information content (AvgIpc) is 2.98. The third-order valence-corrected chi connectivity index (χ3v) is 5.43. The molecule has 0 aromatic heterocycles. The Bertz CT molecular complexity index is 1360. The number of anilines is 1. The van der Waals surface area contributed by atoms with Crippen LogP contribution in [-0.2, 0) is 6.54 Å². The zero-order valence-corrected chi connectivity index (χ0v) is 17.5. The van der Waals surface area contributed by atoms with Crippen LogP contribution in [0.1, 0.15) is 26.3 Å². The van der Waals surface area contributed by atoms with Crippen LogP contribution in [0.2, 0.25) is 0 Å². The van der Waals surface area contributed by atoms with Gasteiger partial charge in [0.25, 0.3) is 11.8 Å². The molecule has 0 radical (unpaired) electrons. The van der Waals surface area contributed by atoms with Crippen LogP contribution >= 0.6 is 0 Å². The summed E-state index contributed by atoms with van der Waals surface area (Å²) < 4.78 is 5.86.